The smallest absolute Gasteiger partial charge is 0.00559 e. The van der Waals surface area contributed by atoms with Crippen LogP contribution in [0.3, 0.4) is 0 Å². The first-order chi connectivity index (χ1) is 6.36. The first-order valence-corrected chi connectivity index (χ1v) is 4.76. The van der Waals surface area contributed by atoms with E-state index in [9.17, 15) is 0 Å². The van der Waals surface area contributed by atoms with Gasteiger partial charge in [0.05, 0.1) is 0 Å². The molecular weight excluding hydrogens is 156 g/mol. The summed E-state index contributed by atoms with van der Waals surface area (Å²) in [6, 6.07) is 10.7. The Balaban J connectivity index is 2.18. The summed E-state index contributed by atoms with van der Waals surface area (Å²) in [5.74, 6) is 0.588. The molecule has 0 amide bonds. The zero-order valence-electron chi connectivity index (χ0n) is 7.90. The van der Waals surface area contributed by atoms with E-state index in [1.54, 1.807) is 0 Å². The summed E-state index contributed by atoms with van der Waals surface area (Å²) in [4.78, 5) is 0. The predicted octanol–water partition coefficient (Wildman–Crippen LogP) is 3.68. The third kappa shape index (κ3) is 1.89. The van der Waals surface area contributed by atoms with Crippen LogP contribution in [0.15, 0.2) is 54.1 Å². The number of allylic oxidation sites excluding steroid dienone is 4. The molecule has 1 aliphatic rings. The SMILES string of the molecule is CC1=CC[C@@H](c2ccccc2)C=C1. The quantitative estimate of drug-likeness (QED) is 0.603. The molecular formula is C13H14. The average Bonchev–Trinajstić information content (AvgIpc) is 2.20. The summed E-state index contributed by atoms with van der Waals surface area (Å²) in [7, 11) is 0. The van der Waals surface area contributed by atoms with E-state index >= 15 is 0 Å². The minimum atomic E-state index is 0.588. The van der Waals surface area contributed by atoms with E-state index in [2.05, 4.69) is 55.5 Å². The number of rotatable bonds is 1. The van der Waals surface area contributed by atoms with Crippen LogP contribution < -0.4 is 0 Å². The monoisotopic (exact) mass is 170 g/mol. The molecule has 0 heteroatoms. The second kappa shape index (κ2) is 3.61. The van der Waals surface area contributed by atoms with Gasteiger partial charge in [-0.15, -0.1) is 0 Å². The molecule has 1 aromatic rings. The molecule has 0 N–H and O–H groups in total. The van der Waals surface area contributed by atoms with E-state index in [-0.39, 0.29) is 0 Å². The fourth-order valence-corrected chi connectivity index (χ4v) is 1.67. The zero-order valence-corrected chi connectivity index (χ0v) is 7.90. The molecule has 0 bridgehead atoms. The predicted molar refractivity (Wildman–Crippen MR) is 56.7 cm³/mol. The van der Waals surface area contributed by atoms with Crippen molar-refractivity contribution < 1.29 is 0 Å². The normalized spacial score (nSPS) is 21.3. The summed E-state index contributed by atoms with van der Waals surface area (Å²) in [6.07, 6.45) is 7.95. The van der Waals surface area contributed by atoms with Crippen molar-refractivity contribution in [3.63, 3.8) is 0 Å². The molecule has 0 spiro atoms. The van der Waals surface area contributed by atoms with Gasteiger partial charge in [0.1, 0.15) is 0 Å². The van der Waals surface area contributed by atoms with Gasteiger partial charge < -0.3 is 0 Å². The van der Waals surface area contributed by atoms with Gasteiger partial charge in [0.2, 0.25) is 0 Å². The van der Waals surface area contributed by atoms with Crippen molar-refractivity contribution in [1.82, 2.24) is 0 Å². The lowest BCUT2D eigenvalue weighted by Gasteiger charge is -2.14. The van der Waals surface area contributed by atoms with Crippen molar-refractivity contribution in [1.29, 1.82) is 0 Å². The zero-order chi connectivity index (χ0) is 9.10. The second-order valence-electron chi connectivity index (χ2n) is 3.56. The molecule has 0 radical (unpaired) electrons. The Labute approximate surface area is 79.6 Å². The Kier molecular flexibility index (Phi) is 2.31. The summed E-state index contributed by atoms with van der Waals surface area (Å²) >= 11 is 0. The van der Waals surface area contributed by atoms with Crippen molar-refractivity contribution in [2.24, 2.45) is 0 Å². The van der Waals surface area contributed by atoms with Gasteiger partial charge in [-0.1, -0.05) is 54.1 Å². The lowest BCUT2D eigenvalue weighted by atomic mass is 9.91. The maximum absolute atomic E-state index is 2.30. The van der Waals surface area contributed by atoms with Crippen LogP contribution in [0.5, 0.6) is 0 Å². The average molecular weight is 170 g/mol. The first kappa shape index (κ1) is 8.31. The molecule has 0 saturated heterocycles. The first-order valence-electron chi connectivity index (χ1n) is 4.76. The molecule has 66 valence electrons. The Morgan fingerprint density at radius 1 is 1.15 bits per heavy atom. The van der Waals surface area contributed by atoms with Crippen LogP contribution in [0.2, 0.25) is 0 Å². The summed E-state index contributed by atoms with van der Waals surface area (Å²) in [5, 5.41) is 0. The third-order valence-electron chi connectivity index (χ3n) is 2.51. The molecule has 0 fully saturated rings. The number of hydrogen-bond acceptors (Lipinski definition) is 0. The molecule has 1 aliphatic carbocycles. The molecule has 2 rings (SSSR count). The molecule has 13 heavy (non-hydrogen) atoms. The Hall–Kier alpha value is -1.30. The standard InChI is InChI=1S/C13H14/c1-11-7-9-13(10-8-11)12-5-3-2-4-6-12/h2-9,13H,10H2,1H3/t13-/m0/s1. The van der Waals surface area contributed by atoms with E-state index in [4.69, 9.17) is 0 Å². The highest BCUT2D eigenvalue weighted by atomic mass is 14.1. The Bertz CT molecular complexity index is 330. The van der Waals surface area contributed by atoms with Crippen LogP contribution in [0.1, 0.15) is 24.8 Å². The van der Waals surface area contributed by atoms with Crippen LogP contribution in [-0.4, -0.2) is 0 Å². The van der Waals surface area contributed by atoms with Crippen molar-refractivity contribution in [2.75, 3.05) is 0 Å². The van der Waals surface area contributed by atoms with Crippen molar-refractivity contribution >= 4 is 0 Å². The topological polar surface area (TPSA) is 0 Å². The van der Waals surface area contributed by atoms with Gasteiger partial charge in [-0.3, -0.25) is 0 Å². The van der Waals surface area contributed by atoms with Crippen LogP contribution >= 0.6 is 0 Å². The molecule has 0 aliphatic heterocycles. The fraction of sp³-hybridized carbons (Fsp3) is 0.231. The van der Waals surface area contributed by atoms with Crippen LogP contribution in [0.4, 0.5) is 0 Å². The molecule has 0 saturated carbocycles. The second-order valence-corrected chi connectivity index (χ2v) is 3.56. The molecule has 1 atom stereocenters. The number of benzene rings is 1. The molecule has 0 nitrogen and oxygen atoms in total. The summed E-state index contributed by atoms with van der Waals surface area (Å²) in [6.45, 7) is 2.15. The van der Waals surface area contributed by atoms with Crippen molar-refractivity contribution in [2.45, 2.75) is 19.3 Å². The van der Waals surface area contributed by atoms with Gasteiger partial charge in [0.25, 0.3) is 0 Å². The molecule has 0 unspecified atom stereocenters. The van der Waals surface area contributed by atoms with E-state index in [1.807, 2.05) is 0 Å². The third-order valence-corrected chi connectivity index (χ3v) is 2.51. The molecule has 0 heterocycles. The van der Waals surface area contributed by atoms with Crippen LogP contribution in [0.25, 0.3) is 0 Å². The number of hydrogen-bond donors (Lipinski definition) is 0. The molecule has 0 aromatic heterocycles. The summed E-state index contributed by atoms with van der Waals surface area (Å²) in [5.41, 5.74) is 2.80. The van der Waals surface area contributed by atoms with Crippen molar-refractivity contribution in [3.8, 4) is 0 Å². The maximum atomic E-state index is 2.30. The van der Waals surface area contributed by atoms with Crippen LogP contribution in [-0.2, 0) is 0 Å². The fourth-order valence-electron chi connectivity index (χ4n) is 1.67. The lowest BCUT2D eigenvalue weighted by Crippen LogP contribution is -1.96. The minimum absolute atomic E-state index is 0.588. The van der Waals surface area contributed by atoms with Crippen molar-refractivity contribution in [3.05, 3.63) is 59.7 Å². The van der Waals surface area contributed by atoms with E-state index in [0.29, 0.717) is 5.92 Å². The van der Waals surface area contributed by atoms with Gasteiger partial charge in [-0.05, 0) is 18.9 Å². The maximum Gasteiger partial charge on any atom is 0.00559 e. The Morgan fingerprint density at radius 2 is 1.92 bits per heavy atom. The van der Waals surface area contributed by atoms with Gasteiger partial charge in [-0.2, -0.15) is 0 Å². The van der Waals surface area contributed by atoms with Gasteiger partial charge in [0.15, 0.2) is 0 Å². The molecule has 1 aromatic carbocycles. The highest BCUT2D eigenvalue weighted by molar-refractivity contribution is 5.31. The van der Waals surface area contributed by atoms with E-state index in [1.165, 1.54) is 11.1 Å². The summed E-state index contributed by atoms with van der Waals surface area (Å²) < 4.78 is 0. The van der Waals surface area contributed by atoms with Gasteiger partial charge in [0, 0.05) is 5.92 Å². The van der Waals surface area contributed by atoms with Gasteiger partial charge >= 0.3 is 0 Å². The van der Waals surface area contributed by atoms with Crippen LogP contribution in [0, 0.1) is 0 Å². The van der Waals surface area contributed by atoms with E-state index in [0.717, 1.165) is 6.42 Å². The highest BCUT2D eigenvalue weighted by Crippen LogP contribution is 2.25. The Morgan fingerprint density at radius 3 is 2.54 bits per heavy atom. The minimum Gasteiger partial charge on any atom is -0.0807 e. The largest absolute Gasteiger partial charge is 0.0807 e. The highest BCUT2D eigenvalue weighted by Gasteiger charge is 2.08. The van der Waals surface area contributed by atoms with E-state index < -0.39 is 0 Å². The lowest BCUT2D eigenvalue weighted by molar-refractivity contribution is 0.845. The van der Waals surface area contributed by atoms with Gasteiger partial charge in [-0.25, -0.2) is 0 Å².